The number of nitrogens with zero attached hydrogens (tertiary/aromatic N) is 1. The Morgan fingerprint density at radius 3 is 2.71 bits per heavy atom. The van der Waals surface area contributed by atoms with Crippen LogP contribution in [0.2, 0.25) is 5.02 Å². The number of hydrogen-bond donors (Lipinski definition) is 1. The van der Waals surface area contributed by atoms with Gasteiger partial charge in [-0.05, 0) is 12.1 Å². The van der Waals surface area contributed by atoms with E-state index in [2.05, 4.69) is 10.2 Å². The molecule has 1 N–H and O–H groups in total. The summed E-state index contributed by atoms with van der Waals surface area (Å²) in [5, 5.41) is 3.76. The van der Waals surface area contributed by atoms with Crippen molar-refractivity contribution in [3.05, 3.63) is 47.1 Å². The van der Waals surface area contributed by atoms with Gasteiger partial charge in [-0.1, -0.05) is 23.7 Å². The molecule has 0 amide bonds. The summed E-state index contributed by atoms with van der Waals surface area (Å²) in [5.74, 6) is -0.0471. The zero-order valence-electron chi connectivity index (χ0n) is 9.53. The lowest BCUT2D eigenvalue weighted by Gasteiger charge is -2.25. The van der Waals surface area contributed by atoms with Crippen LogP contribution in [0, 0.1) is 0 Å². The first kappa shape index (κ1) is 12.1. The van der Waals surface area contributed by atoms with Gasteiger partial charge in [0.25, 0.3) is 0 Å². The van der Waals surface area contributed by atoms with Crippen LogP contribution < -0.4 is 5.32 Å². The van der Waals surface area contributed by atoms with Gasteiger partial charge in [0.2, 0.25) is 0 Å². The van der Waals surface area contributed by atoms with Crippen molar-refractivity contribution in [1.29, 1.82) is 0 Å². The van der Waals surface area contributed by atoms with Crippen LogP contribution in [0.15, 0.2) is 36.5 Å². The number of carbonyl (C=O) groups is 1. The lowest BCUT2D eigenvalue weighted by molar-refractivity contribution is 0.104. The van der Waals surface area contributed by atoms with Gasteiger partial charge >= 0.3 is 0 Å². The molecule has 0 atom stereocenters. The summed E-state index contributed by atoms with van der Waals surface area (Å²) >= 11 is 5.96. The van der Waals surface area contributed by atoms with Crippen molar-refractivity contribution in [3.8, 4) is 0 Å². The Balaban J connectivity index is 2.01. The minimum Gasteiger partial charge on any atom is -0.375 e. The number of halogens is 1. The summed E-state index contributed by atoms with van der Waals surface area (Å²) in [4.78, 5) is 14.0. The maximum atomic E-state index is 11.9. The van der Waals surface area contributed by atoms with Crippen LogP contribution in [-0.4, -0.2) is 36.9 Å². The van der Waals surface area contributed by atoms with Gasteiger partial charge in [-0.25, -0.2) is 0 Å². The average Bonchev–Trinajstić information content (AvgIpc) is 2.38. The average molecular weight is 251 g/mol. The fourth-order valence-electron chi connectivity index (χ4n) is 1.76. The van der Waals surface area contributed by atoms with Gasteiger partial charge in [-0.15, -0.1) is 0 Å². The summed E-state index contributed by atoms with van der Waals surface area (Å²) in [6.07, 6.45) is 3.44. The van der Waals surface area contributed by atoms with Crippen molar-refractivity contribution in [2.45, 2.75) is 0 Å². The first-order valence-corrected chi connectivity index (χ1v) is 6.07. The lowest BCUT2D eigenvalue weighted by atomic mass is 10.1. The van der Waals surface area contributed by atoms with Crippen LogP contribution in [0.1, 0.15) is 10.4 Å². The minimum atomic E-state index is -0.0471. The van der Waals surface area contributed by atoms with E-state index in [1.807, 2.05) is 18.3 Å². The topological polar surface area (TPSA) is 32.3 Å². The van der Waals surface area contributed by atoms with Crippen molar-refractivity contribution < 1.29 is 4.79 Å². The number of benzene rings is 1. The maximum absolute atomic E-state index is 11.9. The Kier molecular flexibility index (Phi) is 4.18. The summed E-state index contributed by atoms with van der Waals surface area (Å²) in [5.41, 5.74) is 0.556. The van der Waals surface area contributed by atoms with Crippen LogP contribution >= 0.6 is 11.6 Å². The standard InChI is InChI=1S/C13H15ClN2O/c14-12-4-2-1-3-11(12)13(17)5-8-16-9-6-15-7-10-16/h1-5,8,15H,6-7,9-10H2. The van der Waals surface area contributed by atoms with Crippen LogP contribution in [-0.2, 0) is 0 Å². The van der Waals surface area contributed by atoms with Crippen molar-refractivity contribution in [3.63, 3.8) is 0 Å². The molecule has 0 spiro atoms. The molecule has 0 radical (unpaired) electrons. The zero-order chi connectivity index (χ0) is 12.1. The molecule has 1 aliphatic heterocycles. The van der Waals surface area contributed by atoms with E-state index in [0.29, 0.717) is 10.6 Å². The molecule has 0 aromatic heterocycles. The number of carbonyl (C=O) groups excluding carboxylic acids is 1. The highest BCUT2D eigenvalue weighted by molar-refractivity contribution is 6.34. The van der Waals surface area contributed by atoms with Gasteiger partial charge in [0, 0.05) is 44.0 Å². The molecule has 0 aliphatic carbocycles. The van der Waals surface area contributed by atoms with E-state index >= 15 is 0 Å². The number of hydrogen-bond acceptors (Lipinski definition) is 3. The van der Waals surface area contributed by atoms with E-state index in [9.17, 15) is 4.79 Å². The Morgan fingerprint density at radius 1 is 1.29 bits per heavy atom. The summed E-state index contributed by atoms with van der Waals surface area (Å²) in [7, 11) is 0. The molecule has 1 aromatic carbocycles. The first-order chi connectivity index (χ1) is 8.27. The minimum absolute atomic E-state index is 0.0471. The fourth-order valence-corrected chi connectivity index (χ4v) is 1.98. The molecule has 2 rings (SSSR count). The number of ketones is 1. The third-order valence-corrected chi connectivity index (χ3v) is 3.06. The predicted octanol–water partition coefficient (Wildman–Crippen LogP) is 1.94. The van der Waals surface area contributed by atoms with Gasteiger partial charge in [0.15, 0.2) is 5.78 Å². The van der Waals surface area contributed by atoms with Gasteiger partial charge in [0.1, 0.15) is 0 Å². The number of rotatable bonds is 3. The molecule has 1 aromatic rings. The second-order valence-electron chi connectivity index (χ2n) is 3.95. The Hall–Kier alpha value is -1.32. The fraction of sp³-hybridized carbons (Fsp3) is 0.308. The normalized spacial score (nSPS) is 16.4. The molecular formula is C13H15ClN2O. The monoisotopic (exact) mass is 250 g/mol. The van der Waals surface area contributed by atoms with Crippen LogP contribution in [0.25, 0.3) is 0 Å². The summed E-state index contributed by atoms with van der Waals surface area (Å²) < 4.78 is 0. The van der Waals surface area contributed by atoms with Crippen LogP contribution in [0.4, 0.5) is 0 Å². The largest absolute Gasteiger partial charge is 0.375 e. The third-order valence-electron chi connectivity index (χ3n) is 2.73. The number of allylic oxidation sites excluding steroid dienone is 1. The van der Waals surface area contributed by atoms with Crippen LogP contribution in [0.5, 0.6) is 0 Å². The van der Waals surface area contributed by atoms with E-state index in [4.69, 9.17) is 11.6 Å². The van der Waals surface area contributed by atoms with Crippen LogP contribution in [0.3, 0.4) is 0 Å². The van der Waals surface area contributed by atoms with E-state index in [0.717, 1.165) is 26.2 Å². The van der Waals surface area contributed by atoms with Crippen molar-refractivity contribution >= 4 is 17.4 Å². The SMILES string of the molecule is O=C(C=CN1CCNCC1)c1ccccc1Cl. The molecule has 1 fully saturated rings. The second-order valence-corrected chi connectivity index (χ2v) is 4.35. The predicted molar refractivity (Wildman–Crippen MR) is 69.4 cm³/mol. The molecule has 1 heterocycles. The second kappa shape index (κ2) is 5.84. The van der Waals surface area contributed by atoms with Gasteiger partial charge < -0.3 is 10.2 Å². The van der Waals surface area contributed by atoms with Gasteiger partial charge in [0.05, 0.1) is 5.02 Å². The van der Waals surface area contributed by atoms with E-state index in [1.165, 1.54) is 0 Å². The Morgan fingerprint density at radius 2 is 2.00 bits per heavy atom. The molecule has 90 valence electrons. The summed E-state index contributed by atoms with van der Waals surface area (Å²) in [6, 6.07) is 7.11. The molecule has 1 saturated heterocycles. The van der Waals surface area contributed by atoms with E-state index < -0.39 is 0 Å². The Bertz CT molecular complexity index is 425. The highest BCUT2D eigenvalue weighted by Gasteiger charge is 2.08. The quantitative estimate of drug-likeness (QED) is 0.657. The third kappa shape index (κ3) is 3.32. The molecule has 17 heavy (non-hydrogen) atoms. The smallest absolute Gasteiger partial charge is 0.188 e. The summed E-state index contributed by atoms with van der Waals surface area (Å²) in [6.45, 7) is 3.80. The van der Waals surface area contributed by atoms with Crippen molar-refractivity contribution in [2.24, 2.45) is 0 Å². The molecule has 3 nitrogen and oxygen atoms in total. The molecule has 0 bridgehead atoms. The number of nitrogens with one attached hydrogen (secondary N) is 1. The number of piperazine rings is 1. The van der Waals surface area contributed by atoms with Crippen molar-refractivity contribution in [1.82, 2.24) is 10.2 Å². The lowest BCUT2D eigenvalue weighted by Crippen LogP contribution is -2.40. The maximum Gasteiger partial charge on any atom is 0.188 e. The molecular weight excluding hydrogens is 236 g/mol. The molecule has 0 saturated carbocycles. The molecule has 4 heteroatoms. The first-order valence-electron chi connectivity index (χ1n) is 5.69. The molecule has 1 aliphatic rings. The van der Waals surface area contributed by atoms with Gasteiger partial charge in [-0.3, -0.25) is 4.79 Å². The van der Waals surface area contributed by atoms with E-state index in [1.54, 1.807) is 18.2 Å². The highest BCUT2D eigenvalue weighted by Crippen LogP contribution is 2.15. The van der Waals surface area contributed by atoms with Gasteiger partial charge in [-0.2, -0.15) is 0 Å². The molecule has 0 unspecified atom stereocenters. The Labute approximate surface area is 106 Å². The highest BCUT2D eigenvalue weighted by atomic mass is 35.5. The van der Waals surface area contributed by atoms with E-state index in [-0.39, 0.29) is 5.78 Å². The zero-order valence-corrected chi connectivity index (χ0v) is 10.3. The van der Waals surface area contributed by atoms with Crippen molar-refractivity contribution in [2.75, 3.05) is 26.2 Å².